The van der Waals surface area contributed by atoms with Crippen molar-refractivity contribution in [2.45, 2.75) is 19.1 Å². The van der Waals surface area contributed by atoms with Crippen molar-refractivity contribution in [1.82, 2.24) is 5.32 Å². The molecule has 0 saturated heterocycles. The number of esters is 1. The number of halogens is 1. The van der Waals surface area contributed by atoms with Crippen LogP contribution in [-0.2, 0) is 9.53 Å². The summed E-state index contributed by atoms with van der Waals surface area (Å²) in [6.45, 7) is 1.82. The minimum Gasteiger partial charge on any atom is -0.464 e. The molecule has 0 aromatic heterocycles. The number of nitrogens with one attached hydrogen (secondary N) is 1. The Hall–Kier alpha value is -2.18. The van der Waals surface area contributed by atoms with Crippen molar-refractivity contribution in [3.8, 4) is 0 Å². The Labute approximate surface area is 148 Å². The van der Waals surface area contributed by atoms with Crippen LogP contribution in [0.1, 0.15) is 28.9 Å². The van der Waals surface area contributed by atoms with Gasteiger partial charge in [0.15, 0.2) is 6.04 Å². The second kappa shape index (κ2) is 8.61. The summed E-state index contributed by atoms with van der Waals surface area (Å²) in [7, 11) is 0. The first kappa shape index (κ1) is 18.2. The van der Waals surface area contributed by atoms with Crippen LogP contribution in [0, 0.1) is 0 Å². The van der Waals surface area contributed by atoms with Gasteiger partial charge >= 0.3 is 5.97 Å². The van der Waals surface area contributed by atoms with E-state index in [2.05, 4.69) is 21.2 Å². The fourth-order valence-corrected chi connectivity index (χ4v) is 2.43. The number of aliphatic hydroxyl groups excluding tert-OH is 1. The van der Waals surface area contributed by atoms with Crippen LogP contribution >= 0.6 is 15.9 Å². The maximum Gasteiger partial charge on any atom is 0.331 e. The van der Waals surface area contributed by atoms with Gasteiger partial charge in [0, 0.05) is 10.0 Å². The molecule has 2 aromatic carbocycles. The van der Waals surface area contributed by atoms with Gasteiger partial charge in [0.1, 0.15) is 6.10 Å². The molecule has 2 atom stereocenters. The van der Waals surface area contributed by atoms with Gasteiger partial charge in [0.05, 0.1) is 6.61 Å². The molecule has 0 heterocycles. The molecule has 0 bridgehead atoms. The minimum atomic E-state index is -1.22. The zero-order valence-electron chi connectivity index (χ0n) is 13.1. The van der Waals surface area contributed by atoms with Crippen molar-refractivity contribution in [2.24, 2.45) is 0 Å². The highest BCUT2D eigenvalue weighted by atomic mass is 79.9. The van der Waals surface area contributed by atoms with Crippen LogP contribution in [0.25, 0.3) is 0 Å². The molecule has 0 fully saturated rings. The lowest BCUT2D eigenvalue weighted by Crippen LogP contribution is -2.46. The van der Waals surface area contributed by atoms with Gasteiger partial charge in [-0.1, -0.05) is 46.3 Å². The predicted octanol–water partition coefficient (Wildman–Crippen LogP) is 2.84. The quantitative estimate of drug-likeness (QED) is 0.742. The normalized spacial score (nSPS) is 13.0. The van der Waals surface area contributed by atoms with Crippen LogP contribution in [-0.4, -0.2) is 29.6 Å². The van der Waals surface area contributed by atoms with Crippen LogP contribution in [0.5, 0.6) is 0 Å². The van der Waals surface area contributed by atoms with Gasteiger partial charge in [-0.05, 0) is 36.8 Å². The fourth-order valence-electron chi connectivity index (χ4n) is 2.17. The molecule has 5 nitrogen and oxygen atoms in total. The van der Waals surface area contributed by atoms with E-state index in [1.165, 1.54) is 0 Å². The highest BCUT2D eigenvalue weighted by molar-refractivity contribution is 9.10. The Morgan fingerprint density at radius 2 is 1.75 bits per heavy atom. The van der Waals surface area contributed by atoms with Gasteiger partial charge in [-0.25, -0.2) is 4.79 Å². The van der Waals surface area contributed by atoms with Gasteiger partial charge < -0.3 is 15.2 Å². The van der Waals surface area contributed by atoms with Gasteiger partial charge in [0.25, 0.3) is 5.91 Å². The molecular formula is C18H18BrNO4. The van der Waals surface area contributed by atoms with Crippen molar-refractivity contribution in [3.63, 3.8) is 0 Å². The summed E-state index contributed by atoms with van der Waals surface area (Å²) in [5, 5.41) is 13.1. The molecule has 0 aliphatic carbocycles. The van der Waals surface area contributed by atoms with Crippen molar-refractivity contribution in [1.29, 1.82) is 0 Å². The molecular weight excluding hydrogens is 374 g/mol. The Morgan fingerprint density at radius 1 is 1.12 bits per heavy atom. The minimum absolute atomic E-state index is 0.156. The van der Waals surface area contributed by atoms with E-state index in [9.17, 15) is 14.7 Å². The highest BCUT2D eigenvalue weighted by Gasteiger charge is 2.31. The van der Waals surface area contributed by atoms with Gasteiger partial charge in [-0.2, -0.15) is 0 Å². The Morgan fingerprint density at radius 3 is 2.33 bits per heavy atom. The standard InChI is InChI=1S/C18H18BrNO4/c1-2-24-18(23)15(16(21)12-8-10-14(19)11-9-12)20-17(22)13-6-4-3-5-7-13/h3-11,15-16,21H,2H2,1H3,(H,20,22)/t15-,16-/m0/s1. The summed E-state index contributed by atoms with van der Waals surface area (Å²) >= 11 is 3.31. The second-order valence-electron chi connectivity index (χ2n) is 5.07. The second-order valence-corrected chi connectivity index (χ2v) is 5.98. The molecule has 0 aliphatic rings. The Bertz CT molecular complexity index is 688. The number of amides is 1. The third-order valence-electron chi connectivity index (χ3n) is 3.39. The Balaban J connectivity index is 2.22. The molecule has 0 unspecified atom stereocenters. The first-order chi connectivity index (χ1) is 11.5. The maximum absolute atomic E-state index is 12.3. The molecule has 126 valence electrons. The summed E-state index contributed by atoms with van der Waals surface area (Å²) < 4.78 is 5.83. The Kier molecular flexibility index (Phi) is 6.52. The third kappa shape index (κ3) is 4.66. The zero-order valence-corrected chi connectivity index (χ0v) is 14.7. The van der Waals surface area contributed by atoms with Crippen LogP contribution in [0.3, 0.4) is 0 Å². The van der Waals surface area contributed by atoms with E-state index in [0.717, 1.165) is 4.47 Å². The topological polar surface area (TPSA) is 75.6 Å². The first-order valence-corrected chi connectivity index (χ1v) is 8.28. The molecule has 24 heavy (non-hydrogen) atoms. The number of carbonyl (C=O) groups excluding carboxylic acids is 2. The number of hydrogen-bond acceptors (Lipinski definition) is 4. The van der Waals surface area contributed by atoms with E-state index in [1.807, 2.05) is 0 Å². The number of carbonyl (C=O) groups is 2. The van der Waals surface area contributed by atoms with Gasteiger partial charge in [-0.15, -0.1) is 0 Å². The predicted molar refractivity (Wildman–Crippen MR) is 93.4 cm³/mol. The van der Waals surface area contributed by atoms with Crippen LogP contribution in [0.15, 0.2) is 59.1 Å². The number of hydrogen-bond donors (Lipinski definition) is 2. The number of ether oxygens (including phenoxy) is 1. The molecule has 0 radical (unpaired) electrons. The maximum atomic E-state index is 12.3. The highest BCUT2D eigenvalue weighted by Crippen LogP contribution is 2.21. The monoisotopic (exact) mass is 391 g/mol. The van der Waals surface area contributed by atoms with E-state index in [4.69, 9.17) is 4.74 Å². The van der Waals surface area contributed by atoms with E-state index in [-0.39, 0.29) is 6.61 Å². The molecule has 0 saturated carbocycles. The lowest BCUT2D eigenvalue weighted by molar-refractivity contribution is -0.148. The lowest BCUT2D eigenvalue weighted by atomic mass is 10.0. The summed E-state index contributed by atoms with van der Waals surface area (Å²) in [5.74, 6) is -1.14. The molecule has 2 aromatic rings. The number of aliphatic hydroxyl groups is 1. The van der Waals surface area contributed by atoms with Crippen molar-refractivity contribution in [2.75, 3.05) is 6.61 Å². The number of rotatable bonds is 6. The lowest BCUT2D eigenvalue weighted by Gasteiger charge is -2.23. The zero-order chi connectivity index (χ0) is 17.5. The summed E-state index contributed by atoms with van der Waals surface area (Å²) in [6.07, 6.45) is -1.22. The fraction of sp³-hybridized carbons (Fsp3) is 0.222. The van der Waals surface area contributed by atoms with Crippen LogP contribution in [0.4, 0.5) is 0 Å². The summed E-state index contributed by atoms with van der Waals surface area (Å²) in [6, 6.07) is 14.1. The van der Waals surface area contributed by atoms with E-state index in [1.54, 1.807) is 61.5 Å². The molecule has 1 amide bonds. The SMILES string of the molecule is CCOC(=O)[C@@H](NC(=O)c1ccccc1)[C@@H](O)c1ccc(Br)cc1. The van der Waals surface area contributed by atoms with E-state index in [0.29, 0.717) is 11.1 Å². The van der Waals surface area contributed by atoms with Crippen molar-refractivity contribution >= 4 is 27.8 Å². The average molecular weight is 392 g/mol. The van der Waals surface area contributed by atoms with Crippen molar-refractivity contribution in [3.05, 3.63) is 70.2 Å². The smallest absolute Gasteiger partial charge is 0.331 e. The van der Waals surface area contributed by atoms with Crippen LogP contribution in [0.2, 0.25) is 0 Å². The summed E-state index contributed by atoms with van der Waals surface area (Å²) in [4.78, 5) is 24.5. The largest absolute Gasteiger partial charge is 0.464 e. The number of benzene rings is 2. The van der Waals surface area contributed by atoms with E-state index < -0.39 is 24.0 Å². The van der Waals surface area contributed by atoms with Crippen LogP contribution < -0.4 is 5.32 Å². The molecule has 0 spiro atoms. The summed E-state index contributed by atoms with van der Waals surface area (Å²) in [5.41, 5.74) is 0.902. The van der Waals surface area contributed by atoms with E-state index >= 15 is 0 Å². The van der Waals surface area contributed by atoms with Gasteiger partial charge in [-0.3, -0.25) is 4.79 Å². The van der Waals surface area contributed by atoms with Crippen molar-refractivity contribution < 1.29 is 19.4 Å². The molecule has 2 rings (SSSR count). The average Bonchev–Trinajstić information content (AvgIpc) is 2.60. The molecule has 6 heteroatoms. The third-order valence-corrected chi connectivity index (χ3v) is 3.92. The van der Waals surface area contributed by atoms with Gasteiger partial charge in [0.2, 0.25) is 0 Å². The molecule has 2 N–H and O–H groups in total. The molecule has 0 aliphatic heterocycles. The first-order valence-electron chi connectivity index (χ1n) is 7.49.